The van der Waals surface area contributed by atoms with E-state index in [4.69, 9.17) is 11.5 Å². The van der Waals surface area contributed by atoms with Gasteiger partial charge in [-0.05, 0) is 37.5 Å². The van der Waals surface area contributed by atoms with Gasteiger partial charge in [0.2, 0.25) is 23.6 Å². The number of aliphatic carboxylic acids is 1. The van der Waals surface area contributed by atoms with Gasteiger partial charge in [-0.3, -0.25) is 19.2 Å². The van der Waals surface area contributed by atoms with Crippen LogP contribution in [-0.2, 0) is 24.0 Å². The fraction of sp³-hybridized carbons (Fsp3) is 0.762. The van der Waals surface area contributed by atoms with Gasteiger partial charge in [0.25, 0.3) is 0 Å². The molecule has 11 heteroatoms. The predicted molar refractivity (Wildman–Crippen MR) is 117 cm³/mol. The van der Waals surface area contributed by atoms with Gasteiger partial charge in [-0.2, -0.15) is 0 Å². The second-order valence-electron chi connectivity index (χ2n) is 9.06. The SMILES string of the molecule is CC(C)CC(NC(=O)C1CCCN1C(=O)C(NC(=O)C(N)CCC(N)=O)C(C)C)C(=O)O. The molecule has 0 aromatic heterocycles. The molecule has 1 rings (SSSR count). The van der Waals surface area contributed by atoms with Crippen LogP contribution in [0.25, 0.3) is 0 Å². The number of hydrogen-bond donors (Lipinski definition) is 5. The summed E-state index contributed by atoms with van der Waals surface area (Å²) in [6.45, 7) is 7.55. The number of nitrogens with one attached hydrogen (secondary N) is 2. The zero-order valence-corrected chi connectivity index (χ0v) is 19.3. The van der Waals surface area contributed by atoms with Crippen molar-refractivity contribution < 1.29 is 29.1 Å². The Hall–Kier alpha value is -2.69. The van der Waals surface area contributed by atoms with E-state index in [1.54, 1.807) is 13.8 Å². The summed E-state index contributed by atoms with van der Waals surface area (Å²) in [5.41, 5.74) is 10.9. The minimum absolute atomic E-state index is 0.0512. The fourth-order valence-electron chi connectivity index (χ4n) is 3.65. The molecule has 0 aromatic rings. The highest BCUT2D eigenvalue weighted by Gasteiger charge is 2.40. The molecule has 1 heterocycles. The smallest absolute Gasteiger partial charge is 0.326 e. The van der Waals surface area contributed by atoms with Crippen LogP contribution in [0.2, 0.25) is 0 Å². The van der Waals surface area contributed by atoms with Gasteiger partial charge in [-0.25, -0.2) is 4.79 Å². The maximum Gasteiger partial charge on any atom is 0.326 e. The van der Waals surface area contributed by atoms with Crippen LogP contribution in [0.4, 0.5) is 0 Å². The first kappa shape index (κ1) is 27.3. The van der Waals surface area contributed by atoms with E-state index in [0.717, 1.165) is 0 Å². The summed E-state index contributed by atoms with van der Waals surface area (Å²) in [7, 11) is 0. The molecule has 0 aromatic carbocycles. The molecule has 1 fully saturated rings. The molecule has 7 N–H and O–H groups in total. The Balaban J connectivity index is 2.89. The van der Waals surface area contributed by atoms with E-state index in [9.17, 15) is 29.1 Å². The second kappa shape index (κ2) is 12.4. The van der Waals surface area contributed by atoms with Gasteiger partial charge < -0.3 is 32.1 Å². The Kier molecular flexibility index (Phi) is 10.6. The monoisotopic (exact) mass is 455 g/mol. The number of amides is 4. The average molecular weight is 456 g/mol. The Labute approximate surface area is 188 Å². The molecule has 11 nitrogen and oxygen atoms in total. The summed E-state index contributed by atoms with van der Waals surface area (Å²) in [4.78, 5) is 62.3. The van der Waals surface area contributed by atoms with E-state index in [1.807, 2.05) is 13.8 Å². The molecule has 0 spiro atoms. The van der Waals surface area contributed by atoms with Crippen LogP contribution in [0.15, 0.2) is 0 Å². The standard InChI is InChI=1S/C21H37N5O6/c1-11(2)10-14(21(31)32)24-19(29)15-6-5-9-26(15)20(30)17(12(3)4)25-18(28)13(22)7-8-16(23)27/h11-15,17H,5-10,22H2,1-4H3,(H2,23,27)(H,24,29)(H,25,28)(H,31,32). The Bertz CT molecular complexity index is 711. The van der Waals surface area contributed by atoms with Crippen LogP contribution in [-0.4, -0.2) is 70.3 Å². The van der Waals surface area contributed by atoms with Gasteiger partial charge in [0, 0.05) is 13.0 Å². The zero-order chi connectivity index (χ0) is 24.6. The normalized spacial score (nSPS) is 18.8. The molecule has 0 aliphatic carbocycles. The summed E-state index contributed by atoms with van der Waals surface area (Å²) >= 11 is 0. The van der Waals surface area contributed by atoms with Crippen LogP contribution in [0.3, 0.4) is 0 Å². The molecule has 1 aliphatic heterocycles. The van der Waals surface area contributed by atoms with Gasteiger partial charge in [-0.1, -0.05) is 27.7 Å². The molecule has 0 radical (unpaired) electrons. The minimum atomic E-state index is -1.12. The topological polar surface area (TPSA) is 185 Å². The first-order chi connectivity index (χ1) is 14.8. The summed E-state index contributed by atoms with van der Waals surface area (Å²) in [6, 6.07) is -3.76. The lowest BCUT2D eigenvalue weighted by molar-refractivity contribution is -0.145. The number of primary amides is 1. The molecule has 0 bridgehead atoms. The van der Waals surface area contributed by atoms with Crippen LogP contribution < -0.4 is 22.1 Å². The zero-order valence-electron chi connectivity index (χ0n) is 19.3. The summed E-state index contributed by atoms with van der Waals surface area (Å²) < 4.78 is 0. The van der Waals surface area contributed by atoms with Crippen molar-refractivity contribution in [2.24, 2.45) is 23.3 Å². The van der Waals surface area contributed by atoms with E-state index in [2.05, 4.69) is 10.6 Å². The van der Waals surface area contributed by atoms with Crippen molar-refractivity contribution in [3.05, 3.63) is 0 Å². The van der Waals surface area contributed by atoms with Crippen molar-refractivity contribution in [2.75, 3.05) is 6.54 Å². The molecule has 182 valence electrons. The van der Waals surface area contributed by atoms with Crippen molar-refractivity contribution in [3.63, 3.8) is 0 Å². The second-order valence-corrected chi connectivity index (χ2v) is 9.06. The third-order valence-electron chi connectivity index (χ3n) is 5.43. The number of carboxylic acids is 1. The third-order valence-corrected chi connectivity index (χ3v) is 5.43. The predicted octanol–water partition coefficient (Wildman–Crippen LogP) is -0.673. The highest BCUT2D eigenvalue weighted by Crippen LogP contribution is 2.21. The molecule has 4 unspecified atom stereocenters. The quantitative estimate of drug-likeness (QED) is 0.258. The van der Waals surface area contributed by atoms with Crippen molar-refractivity contribution in [2.45, 2.75) is 84.0 Å². The fourth-order valence-corrected chi connectivity index (χ4v) is 3.65. The number of hydrogen-bond acceptors (Lipinski definition) is 6. The van der Waals surface area contributed by atoms with Gasteiger partial charge in [0.15, 0.2) is 0 Å². The van der Waals surface area contributed by atoms with E-state index in [1.165, 1.54) is 4.90 Å². The minimum Gasteiger partial charge on any atom is -0.480 e. The van der Waals surface area contributed by atoms with E-state index < -0.39 is 53.8 Å². The molecule has 1 aliphatic rings. The van der Waals surface area contributed by atoms with Crippen LogP contribution >= 0.6 is 0 Å². The first-order valence-electron chi connectivity index (χ1n) is 11.0. The number of carbonyl (C=O) groups is 5. The van der Waals surface area contributed by atoms with E-state index in [-0.39, 0.29) is 31.1 Å². The van der Waals surface area contributed by atoms with Crippen molar-refractivity contribution in [1.82, 2.24) is 15.5 Å². The maximum absolute atomic E-state index is 13.2. The molecule has 4 atom stereocenters. The number of nitrogens with zero attached hydrogens (tertiary/aromatic N) is 1. The lowest BCUT2D eigenvalue weighted by Gasteiger charge is -2.31. The summed E-state index contributed by atoms with van der Waals surface area (Å²) in [5.74, 6) is -3.45. The van der Waals surface area contributed by atoms with E-state index >= 15 is 0 Å². The van der Waals surface area contributed by atoms with Gasteiger partial charge in [0.1, 0.15) is 18.1 Å². The largest absolute Gasteiger partial charge is 0.480 e. The lowest BCUT2D eigenvalue weighted by Crippen LogP contribution is -2.58. The first-order valence-corrected chi connectivity index (χ1v) is 11.0. The molecule has 0 saturated carbocycles. The number of likely N-dealkylation sites (tertiary alicyclic amines) is 1. The summed E-state index contributed by atoms with van der Waals surface area (Å²) in [5, 5.41) is 14.6. The molecule has 32 heavy (non-hydrogen) atoms. The van der Waals surface area contributed by atoms with Crippen molar-refractivity contribution in [1.29, 1.82) is 0 Å². The Morgan fingerprint density at radius 1 is 1.09 bits per heavy atom. The molecule has 1 saturated heterocycles. The van der Waals surface area contributed by atoms with Gasteiger partial charge in [-0.15, -0.1) is 0 Å². The average Bonchev–Trinajstić information content (AvgIpc) is 3.18. The van der Waals surface area contributed by atoms with Crippen molar-refractivity contribution in [3.8, 4) is 0 Å². The van der Waals surface area contributed by atoms with Gasteiger partial charge in [0.05, 0.1) is 6.04 Å². The molecular weight excluding hydrogens is 418 g/mol. The highest BCUT2D eigenvalue weighted by atomic mass is 16.4. The van der Waals surface area contributed by atoms with E-state index in [0.29, 0.717) is 19.4 Å². The molecular formula is C21H37N5O6. The third kappa shape index (κ3) is 8.10. The van der Waals surface area contributed by atoms with Crippen LogP contribution in [0.1, 0.15) is 59.8 Å². The van der Waals surface area contributed by atoms with Gasteiger partial charge >= 0.3 is 5.97 Å². The van der Waals surface area contributed by atoms with Crippen LogP contribution in [0.5, 0.6) is 0 Å². The Morgan fingerprint density at radius 3 is 2.22 bits per heavy atom. The summed E-state index contributed by atoms with van der Waals surface area (Å²) in [6.07, 6.45) is 1.27. The van der Waals surface area contributed by atoms with Crippen LogP contribution in [0, 0.1) is 11.8 Å². The highest BCUT2D eigenvalue weighted by molar-refractivity contribution is 5.94. The number of rotatable bonds is 12. The lowest BCUT2D eigenvalue weighted by atomic mass is 10.0. The number of carboxylic acid groups (broad SMARTS) is 1. The maximum atomic E-state index is 13.2. The van der Waals surface area contributed by atoms with Crippen molar-refractivity contribution >= 4 is 29.6 Å². The number of nitrogens with two attached hydrogens (primary N) is 2. The molecule has 4 amide bonds. The Morgan fingerprint density at radius 2 is 1.72 bits per heavy atom. The number of carbonyl (C=O) groups excluding carboxylic acids is 4.